The summed E-state index contributed by atoms with van der Waals surface area (Å²) in [4.78, 5) is 53.3. The van der Waals surface area contributed by atoms with Crippen molar-refractivity contribution in [3.05, 3.63) is 11.6 Å². The number of carbonyl (C=O) groups excluding carboxylic acids is 4. The van der Waals surface area contributed by atoms with Gasteiger partial charge in [-0.1, -0.05) is 32.4 Å². The van der Waals surface area contributed by atoms with E-state index in [0.29, 0.717) is 12.8 Å². The molecule has 17 atom stereocenters. The van der Waals surface area contributed by atoms with E-state index in [1.165, 1.54) is 21.0 Å². The Morgan fingerprint density at radius 3 is 2.03 bits per heavy atom. The second kappa shape index (κ2) is 21.0. The van der Waals surface area contributed by atoms with Crippen LogP contribution in [0.4, 0.5) is 0 Å². The lowest BCUT2D eigenvalue weighted by atomic mass is 9.74. The maximum Gasteiger partial charge on any atom is 0.311 e. The van der Waals surface area contributed by atoms with E-state index in [0.717, 1.165) is 11.9 Å². The molecule has 0 aromatic rings. The third kappa shape index (κ3) is 12.1. The van der Waals surface area contributed by atoms with E-state index >= 15 is 0 Å². The summed E-state index contributed by atoms with van der Waals surface area (Å²) in [6.45, 7) is 21.0. The van der Waals surface area contributed by atoms with Crippen LogP contribution in [0, 0.1) is 23.7 Å². The Hall–Kier alpha value is -2.50. The summed E-state index contributed by atoms with van der Waals surface area (Å²) in [7, 11) is 6.95. The summed E-state index contributed by atoms with van der Waals surface area (Å²) < 4.78 is 57.2. The highest BCUT2D eigenvalue weighted by Crippen LogP contribution is 2.43. The second-order valence-corrected chi connectivity index (χ2v) is 18.1. The average Bonchev–Trinajstić information content (AvgIpc) is 3.14. The van der Waals surface area contributed by atoms with E-state index in [2.05, 4.69) is 0 Å². The molecule has 15 nitrogen and oxygen atoms in total. The SMILES string of the molecule is CC[C@H]1OC(=O)[C@H](C)[C@@H](O[C@H]2C[C@@](C)(OC)[C@@H](OC(C)=O)[C@H](C)O2)[C@H](C)[C@@H](O[C@@H]2O[C@H](C)C[C@H](N(C)C)[C@H]2OC(C)=O)[C@](C)(OC)C[C@@H](C)/C=C(/C)[C@H](CC=O)[C@]1(C)O. The van der Waals surface area contributed by atoms with Gasteiger partial charge in [0.05, 0.1) is 42.0 Å². The molecule has 2 saturated heterocycles. The molecule has 59 heavy (non-hydrogen) atoms. The maximum absolute atomic E-state index is 14.5. The van der Waals surface area contributed by atoms with Crippen LogP contribution in [-0.2, 0) is 61.8 Å². The van der Waals surface area contributed by atoms with Gasteiger partial charge in [0, 0.05) is 52.7 Å². The van der Waals surface area contributed by atoms with Gasteiger partial charge in [-0.3, -0.25) is 14.4 Å². The summed E-state index contributed by atoms with van der Waals surface area (Å²) >= 11 is 0. The molecule has 3 rings (SSSR count). The number of esters is 3. The number of ether oxygens (including phenoxy) is 9. The fourth-order valence-electron chi connectivity index (χ4n) is 9.73. The summed E-state index contributed by atoms with van der Waals surface area (Å²) in [6, 6.07) is -0.247. The van der Waals surface area contributed by atoms with Crippen molar-refractivity contribution in [1.29, 1.82) is 0 Å². The highest BCUT2D eigenvalue weighted by atomic mass is 16.7. The van der Waals surface area contributed by atoms with Crippen molar-refractivity contribution in [2.75, 3.05) is 28.3 Å². The number of allylic oxidation sites excluding steroid dienone is 1. The molecule has 1 N–H and O–H groups in total. The van der Waals surface area contributed by atoms with Crippen LogP contribution < -0.4 is 0 Å². The molecule has 0 aliphatic carbocycles. The standard InChI is InChI=1S/C44H75NO14/c1-17-34-44(12,50)32(18-19-46)25(3)20-24(2)22-42(10,51-15)38(59-41-37(55-30(8)47)33(45(13)14)21-26(4)53-41)27(5)36(28(6)40(49)57-34)58-35-23-43(11,52-16)39(29(7)54-35)56-31(9)48/h19-20,24,26-29,32-39,41,50H,17-18,21-23H2,1-16H3/b25-20-/t24-,26+,27-,28+,29-,32-,33-,34+,35-,36-,37+,38+,39-,41-,42+,43+,44-/m0/s1. The number of hydrogen-bond acceptors (Lipinski definition) is 15. The van der Waals surface area contributed by atoms with Crippen molar-refractivity contribution in [3.8, 4) is 0 Å². The van der Waals surface area contributed by atoms with Crippen molar-refractivity contribution in [1.82, 2.24) is 4.90 Å². The molecule has 340 valence electrons. The fraction of sp³-hybridized carbons (Fsp3) is 0.864. The quantitative estimate of drug-likeness (QED) is 0.118. The van der Waals surface area contributed by atoms with Crippen LogP contribution >= 0.6 is 0 Å². The van der Waals surface area contributed by atoms with E-state index in [1.54, 1.807) is 27.9 Å². The molecular weight excluding hydrogens is 766 g/mol. The lowest BCUT2D eigenvalue weighted by Gasteiger charge is -2.50. The van der Waals surface area contributed by atoms with Gasteiger partial charge in [0.1, 0.15) is 23.6 Å². The Bertz CT molecular complexity index is 1450. The van der Waals surface area contributed by atoms with E-state index in [1.807, 2.05) is 73.5 Å². The third-order valence-electron chi connectivity index (χ3n) is 12.9. The molecule has 0 bridgehead atoms. The highest BCUT2D eigenvalue weighted by Gasteiger charge is 2.54. The first-order chi connectivity index (χ1) is 27.4. The molecule has 3 heterocycles. The van der Waals surface area contributed by atoms with Gasteiger partial charge in [-0.25, -0.2) is 0 Å². The molecule has 0 unspecified atom stereocenters. The van der Waals surface area contributed by atoms with Gasteiger partial charge in [-0.15, -0.1) is 0 Å². The molecular formula is C44H75NO14. The van der Waals surface area contributed by atoms with Crippen LogP contribution in [-0.4, -0.2) is 141 Å². The Kier molecular flexibility index (Phi) is 18.1. The first kappa shape index (κ1) is 50.9. The normalized spacial score (nSPS) is 43.8. The first-order valence-corrected chi connectivity index (χ1v) is 21.2. The topological polar surface area (TPSA) is 175 Å². The zero-order valence-electron chi connectivity index (χ0n) is 38.5. The van der Waals surface area contributed by atoms with E-state index in [4.69, 9.17) is 42.6 Å². The molecule has 0 amide bonds. The summed E-state index contributed by atoms with van der Waals surface area (Å²) in [5.74, 6) is -4.14. The van der Waals surface area contributed by atoms with Crippen LogP contribution in [0.25, 0.3) is 0 Å². The first-order valence-electron chi connectivity index (χ1n) is 21.2. The van der Waals surface area contributed by atoms with E-state index < -0.39 is 102 Å². The lowest BCUT2D eigenvalue weighted by molar-refractivity contribution is -0.320. The predicted octanol–water partition coefficient (Wildman–Crippen LogP) is 5.17. The summed E-state index contributed by atoms with van der Waals surface area (Å²) in [5, 5.41) is 12.1. The van der Waals surface area contributed by atoms with Gasteiger partial charge >= 0.3 is 17.9 Å². The highest BCUT2D eigenvalue weighted by molar-refractivity contribution is 5.73. The molecule has 2 fully saturated rings. The van der Waals surface area contributed by atoms with Crippen molar-refractivity contribution in [3.63, 3.8) is 0 Å². The Morgan fingerprint density at radius 1 is 0.915 bits per heavy atom. The number of carbonyl (C=O) groups is 4. The zero-order valence-corrected chi connectivity index (χ0v) is 38.5. The third-order valence-corrected chi connectivity index (χ3v) is 12.9. The molecule has 3 aliphatic rings. The number of hydrogen-bond donors (Lipinski definition) is 1. The molecule has 15 heteroatoms. The van der Waals surface area contributed by atoms with Crippen LogP contribution in [0.1, 0.15) is 115 Å². The second-order valence-electron chi connectivity index (χ2n) is 18.1. The summed E-state index contributed by atoms with van der Waals surface area (Å²) in [6.07, 6.45) is -3.20. The fourth-order valence-corrected chi connectivity index (χ4v) is 9.73. The van der Waals surface area contributed by atoms with Crippen LogP contribution in [0.15, 0.2) is 11.6 Å². The number of aliphatic hydroxyl groups is 1. The summed E-state index contributed by atoms with van der Waals surface area (Å²) in [5.41, 5.74) is -2.97. The largest absolute Gasteiger partial charge is 0.459 e. The molecule has 0 saturated carbocycles. The Morgan fingerprint density at radius 2 is 1.51 bits per heavy atom. The van der Waals surface area contributed by atoms with Crippen molar-refractivity contribution in [2.24, 2.45) is 23.7 Å². The average molecular weight is 842 g/mol. The van der Waals surface area contributed by atoms with Gasteiger partial charge in [0.2, 0.25) is 0 Å². The smallest absolute Gasteiger partial charge is 0.311 e. The predicted molar refractivity (Wildman–Crippen MR) is 218 cm³/mol. The van der Waals surface area contributed by atoms with Crippen LogP contribution in [0.3, 0.4) is 0 Å². The number of nitrogens with zero attached hydrogens (tertiary/aromatic N) is 1. The molecule has 3 aliphatic heterocycles. The van der Waals surface area contributed by atoms with Gasteiger partial charge in [-0.2, -0.15) is 0 Å². The van der Waals surface area contributed by atoms with Gasteiger partial charge in [0.25, 0.3) is 0 Å². The number of rotatable bonds is 12. The molecule has 0 spiro atoms. The number of likely N-dealkylation sites (N-methyl/N-ethyl adjacent to an activating group) is 1. The molecule has 0 aromatic carbocycles. The van der Waals surface area contributed by atoms with Crippen molar-refractivity contribution in [2.45, 2.75) is 193 Å². The van der Waals surface area contributed by atoms with E-state index in [-0.39, 0.29) is 37.3 Å². The number of methoxy groups -OCH3 is 2. The van der Waals surface area contributed by atoms with Gasteiger partial charge in [-0.05, 0) is 87.7 Å². The lowest BCUT2D eigenvalue weighted by Crippen LogP contribution is -2.61. The van der Waals surface area contributed by atoms with Crippen molar-refractivity contribution < 1.29 is 66.9 Å². The molecule has 0 aromatic heterocycles. The minimum Gasteiger partial charge on any atom is -0.459 e. The van der Waals surface area contributed by atoms with Crippen LogP contribution in [0.2, 0.25) is 0 Å². The monoisotopic (exact) mass is 842 g/mol. The Labute approximate surface area is 352 Å². The zero-order chi connectivity index (χ0) is 44.8. The maximum atomic E-state index is 14.5. The van der Waals surface area contributed by atoms with E-state index in [9.17, 15) is 24.3 Å². The number of aldehydes is 1. The Balaban J connectivity index is 2.30. The molecule has 0 radical (unpaired) electrons. The van der Waals surface area contributed by atoms with Gasteiger partial charge in [0.15, 0.2) is 24.8 Å². The minimum absolute atomic E-state index is 0.00724. The van der Waals surface area contributed by atoms with Gasteiger partial charge < -0.3 is 57.4 Å². The minimum atomic E-state index is -1.61. The number of cyclic esters (lactones) is 1. The van der Waals surface area contributed by atoms with Crippen molar-refractivity contribution >= 4 is 24.2 Å². The van der Waals surface area contributed by atoms with Crippen LogP contribution in [0.5, 0.6) is 0 Å².